The molecule has 1 aliphatic rings. The second-order valence-corrected chi connectivity index (χ2v) is 5.80. The fraction of sp³-hybridized carbons (Fsp3) is 0.500. The van der Waals surface area contributed by atoms with E-state index in [4.69, 9.17) is 21.4 Å². The third-order valence-corrected chi connectivity index (χ3v) is 3.52. The number of ether oxygens (including phenoxy) is 1. The Morgan fingerprint density at radius 1 is 1.56 bits per heavy atom. The number of aliphatic carboxylic acids is 1. The number of carboxylic acids is 1. The van der Waals surface area contributed by atoms with Crippen molar-refractivity contribution in [2.45, 2.75) is 44.1 Å². The Bertz CT molecular complexity index is 468. The zero-order chi connectivity index (χ0) is 13.3. The normalized spacial score (nSPS) is 17.9. The van der Waals surface area contributed by atoms with Gasteiger partial charge in [-0.1, -0.05) is 18.2 Å². The van der Waals surface area contributed by atoms with Crippen LogP contribution in [0.3, 0.4) is 0 Å². The van der Waals surface area contributed by atoms with E-state index < -0.39 is 5.97 Å². The molecule has 1 atom stereocenters. The SMILES string of the molecule is CC1(C)Cc2cccc(C(Cl)CCC(=O)O)c2O1. The highest BCUT2D eigenvalue weighted by Crippen LogP contribution is 2.42. The van der Waals surface area contributed by atoms with E-state index in [0.717, 1.165) is 23.3 Å². The standard InChI is InChI=1S/C14H17ClO3/c1-14(2)8-9-4-3-5-10(13(9)18-14)11(15)6-7-12(16)17/h3-5,11H,6-8H2,1-2H3,(H,16,17). The van der Waals surface area contributed by atoms with Gasteiger partial charge in [0, 0.05) is 18.4 Å². The van der Waals surface area contributed by atoms with E-state index in [1.807, 2.05) is 32.0 Å². The molecule has 1 aliphatic heterocycles. The van der Waals surface area contributed by atoms with Crippen LogP contribution in [-0.4, -0.2) is 16.7 Å². The highest BCUT2D eigenvalue weighted by Gasteiger charge is 2.32. The Hall–Kier alpha value is -1.22. The first kappa shape index (κ1) is 13.2. The van der Waals surface area contributed by atoms with Gasteiger partial charge in [0.1, 0.15) is 11.4 Å². The third-order valence-electron chi connectivity index (χ3n) is 3.07. The molecular formula is C14H17ClO3. The van der Waals surface area contributed by atoms with Crippen molar-refractivity contribution in [3.8, 4) is 5.75 Å². The Kier molecular flexibility index (Phi) is 3.53. The molecule has 1 aromatic rings. The maximum atomic E-state index is 10.6. The lowest BCUT2D eigenvalue weighted by Gasteiger charge is -2.19. The molecule has 1 unspecified atom stereocenters. The summed E-state index contributed by atoms with van der Waals surface area (Å²) in [4.78, 5) is 10.6. The summed E-state index contributed by atoms with van der Waals surface area (Å²) < 4.78 is 5.92. The third kappa shape index (κ3) is 2.78. The van der Waals surface area contributed by atoms with Crippen molar-refractivity contribution in [1.82, 2.24) is 0 Å². The van der Waals surface area contributed by atoms with E-state index in [0.29, 0.717) is 6.42 Å². The number of hydrogen-bond acceptors (Lipinski definition) is 2. The van der Waals surface area contributed by atoms with Crippen molar-refractivity contribution < 1.29 is 14.6 Å². The number of halogens is 1. The Morgan fingerprint density at radius 2 is 2.28 bits per heavy atom. The largest absolute Gasteiger partial charge is 0.487 e. The van der Waals surface area contributed by atoms with Gasteiger partial charge in [-0.15, -0.1) is 11.6 Å². The molecule has 3 nitrogen and oxygen atoms in total. The van der Waals surface area contributed by atoms with Crippen LogP contribution >= 0.6 is 11.6 Å². The highest BCUT2D eigenvalue weighted by molar-refractivity contribution is 6.21. The van der Waals surface area contributed by atoms with Crippen molar-refractivity contribution in [2.75, 3.05) is 0 Å². The zero-order valence-electron chi connectivity index (χ0n) is 10.6. The fourth-order valence-electron chi connectivity index (χ4n) is 2.29. The summed E-state index contributed by atoms with van der Waals surface area (Å²) in [5.74, 6) is 0.0161. The minimum Gasteiger partial charge on any atom is -0.487 e. The van der Waals surface area contributed by atoms with Gasteiger partial charge in [-0.2, -0.15) is 0 Å². The summed E-state index contributed by atoms with van der Waals surface area (Å²) >= 11 is 6.28. The molecule has 18 heavy (non-hydrogen) atoms. The molecular weight excluding hydrogens is 252 g/mol. The summed E-state index contributed by atoms with van der Waals surface area (Å²) in [7, 11) is 0. The molecule has 0 bridgehead atoms. The monoisotopic (exact) mass is 268 g/mol. The molecule has 0 fully saturated rings. The average Bonchev–Trinajstić information content (AvgIpc) is 2.59. The number of hydrogen-bond donors (Lipinski definition) is 1. The first-order chi connectivity index (χ1) is 8.39. The summed E-state index contributed by atoms with van der Waals surface area (Å²) in [6, 6.07) is 5.91. The number of carboxylic acid groups (broad SMARTS) is 1. The summed E-state index contributed by atoms with van der Waals surface area (Å²) in [5.41, 5.74) is 1.85. The highest BCUT2D eigenvalue weighted by atomic mass is 35.5. The first-order valence-electron chi connectivity index (χ1n) is 6.06. The molecule has 1 N–H and O–H groups in total. The summed E-state index contributed by atoms with van der Waals surface area (Å²) in [6.45, 7) is 4.08. The molecule has 98 valence electrons. The van der Waals surface area contributed by atoms with Gasteiger partial charge in [-0.3, -0.25) is 4.79 Å². The molecule has 2 rings (SSSR count). The van der Waals surface area contributed by atoms with Gasteiger partial charge in [0.15, 0.2) is 0 Å². The molecule has 0 radical (unpaired) electrons. The number of benzene rings is 1. The molecule has 0 saturated carbocycles. The van der Waals surface area contributed by atoms with E-state index in [-0.39, 0.29) is 17.4 Å². The van der Waals surface area contributed by atoms with Crippen LogP contribution in [0.1, 0.15) is 43.2 Å². The fourth-order valence-corrected chi connectivity index (χ4v) is 2.57. The van der Waals surface area contributed by atoms with Gasteiger partial charge in [0.05, 0.1) is 5.38 Å². The Labute approximate surface area is 112 Å². The molecule has 1 aromatic carbocycles. The molecule has 0 aromatic heterocycles. The molecule has 0 amide bonds. The zero-order valence-corrected chi connectivity index (χ0v) is 11.3. The van der Waals surface area contributed by atoms with Gasteiger partial charge in [0.2, 0.25) is 0 Å². The quantitative estimate of drug-likeness (QED) is 0.850. The van der Waals surface area contributed by atoms with Crippen LogP contribution in [0.15, 0.2) is 18.2 Å². The van der Waals surface area contributed by atoms with Gasteiger partial charge in [-0.05, 0) is 25.8 Å². The second-order valence-electron chi connectivity index (χ2n) is 5.27. The predicted octanol–water partition coefficient (Wildman–Crippen LogP) is 3.54. The molecule has 0 saturated heterocycles. The second kappa shape index (κ2) is 4.81. The Morgan fingerprint density at radius 3 is 2.94 bits per heavy atom. The molecule has 0 spiro atoms. The van der Waals surface area contributed by atoms with E-state index in [9.17, 15) is 4.79 Å². The van der Waals surface area contributed by atoms with Crippen LogP contribution < -0.4 is 4.74 Å². The van der Waals surface area contributed by atoms with E-state index in [2.05, 4.69) is 0 Å². The smallest absolute Gasteiger partial charge is 0.303 e. The van der Waals surface area contributed by atoms with Crippen LogP contribution in [0.25, 0.3) is 0 Å². The Balaban J connectivity index is 2.21. The maximum absolute atomic E-state index is 10.6. The van der Waals surface area contributed by atoms with Crippen molar-refractivity contribution in [3.63, 3.8) is 0 Å². The number of carbonyl (C=O) groups is 1. The molecule has 1 heterocycles. The van der Waals surface area contributed by atoms with Crippen molar-refractivity contribution in [2.24, 2.45) is 0 Å². The molecule has 4 heteroatoms. The van der Waals surface area contributed by atoms with E-state index in [1.165, 1.54) is 0 Å². The lowest BCUT2D eigenvalue weighted by molar-refractivity contribution is -0.137. The number of rotatable bonds is 4. The van der Waals surface area contributed by atoms with Crippen molar-refractivity contribution >= 4 is 17.6 Å². The van der Waals surface area contributed by atoms with Gasteiger partial charge >= 0.3 is 5.97 Å². The van der Waals surface area contributed by atoms with Crippen molar-refractivity contribution in [3.05, 3.63) is 29.3 Å². The average molecular weight is 269 g/mol. The van der Waals surface area contributed by atoms with Gasteiger partial charge in [0.25, 0.3) is 0 Å². The van der Waals surface area contributed by atoms with Crippen LogP contribution in [0, 0.1) is 0 Å². The van der Waals surface area contributed by atoms with E-state index >= 15 is 0 Å². The van der Waals surface area contributed by atoms with Crippen LogP contribution in [0.4, 0.5) is 0 Å². The molecule has 0 aliphatic carbocycles. The number of para-hydroxylation sites is 1. The van der Waals surface area contributed by atoms with Gasteiger partial charge in [-0.25, -0.2) is 0 Å². The van der Waals surface area contributed by atoms with Crippen LogP contribution in [0.2, 0.25) is 0 Å². The predicted molar refractivity (Wildman–Crippen MR) is 70.3 cm³/mol. The summed E-state index contributed by atoms with van der Waals surface area (Å²) in [5, 5.41) is 8.38. The van der Waals surface area contributed by atoms with Crippen molar-refractivity contribution in [1.29, 1.82) is 0 Å². The van der Waals surface area contributed by atoms with Crippen LogP contribution in [-0.2, 0) is 11.2 Å². The minimum absolute atomic E-state index is 0.0707. The maximum Gasteiger partial charge on any atom is 0.303 e. The van der Waals surface area contributed by atoms with E-state index in [1.54, 1.807) is 0 Å². The topological polar surface area (TPSA) is 46.5 Å². The number of alkyl halides is 1. The lowest BCUT2D eigenvalue weighted by Crippen LogP contribution is -2.25. The summed E-state index contributed by atoms with van der Waals surface area (Å²) in [6.07, 6.45) is 1.34. The lowest BCUT2D eigenvalue weighted by atomic mass is 9.99. The van der Waals surface area contributed by atoms with Crippen LogP contribution in [0.5, 0.6) is 5.75 Å². The number of fused-ring (bicyclic) bond motifs is 1. The minimum atomic E-state index is -0.825. The van der Waals surface area contributed by atoms with Gasteiger partial charge < -0.3 is 9.84 Å². The first-order valence-corrected chi connectivity index (χ1v) is 6.49.